The molecule has 10 heteroatoms. The van der Waals surface area contributed by atoms with E-state index in [4.69, 9.17) is 0 Å². The van der Waals surface area contributed by atoms with Gasteiger partial charge < -0.3 is 15.1 Å². The van der Waals surface area contributed by atoms with Gasteiger partial charge in [0.15, 0.2) is 0 Å². The molecule has 4 heterocycles. The van der Waals surface area contributed by atoms with Crippen LogP contribution in [-0.2, 0) is 4.79 Å². The lowest BCUT2D eigenvalue weighted by Gasteiger charge is -2.37. The lowest BCUT2D eigenvalue weighted by atomic mass is 10.2. The Balaban J connectivity index is 0.00000113. The molecule has 138 valence electrons. The second-order valence-corrected chi connectivity index (χ2v) is 6.19. The van der Waals surface area contributed by atoms with E-state index in [2.05, 4.69) is 25.3 Å². The third-order valence-corrected chi connectivity index (χ3v) is 4.63. The van der Waals surface area contributed by atoms with Gasteiger partial charge >= 0.3 is 0 Å². The molecular formula is C15H23Cl2N7O. The van der Waals surface area contributed by atoms with Gasteiger partial charge in [0.05, 0.1) is 6.04 Å². The zero-order chi connectivity index (χ0) is 15.8. The summed E-state index contributed by atoms with van der Waals surface area (Å²) in [6, 6.07) is 2.05. The van der Waals surface area contributed by atoms with Gasteiger partial charge in [-0.25, -0.2) is 4.98 Å². The first-order valence-corrected chi connectivity index (χ1v) is 8.17. The highest BCUT2D eigenvalue weighted by atomic mass is 35.5. The number of piperazine rings is 1. The van der Waals surface area contributed by atoms with Crippen molar-refractivity contribution in [1.29, 1.82) is 0 Å². The van der Waals surface area contributed by atoms with Gasteiger partial charge in [0.1, 0.15) is 12.1 Å². The monoisotopic (exact) mass is 387 g/mol. The Labute approximate surface area is 158 Å². The molecule has 25 heavy (non-hydrogen) atoms. The second-order valence-electron chi connectivity index (χ2n) is 6.19. The summed E-state index contributed by atoms with van der Waals surface area (Å²) in [7, 11) is 0. The molecule has 0 bridgehead atoms. The predicted octanol–water partition coefficient (Wildman–Crippen LogP) is 0.677. The number of halogens is 2. The standard InChI is InChI=1S/C15H21N7O.2ClH/c1-11-9-13(22-15(19-11)17-10-18-22)20-5-7-21(8-6-20)14(23)12-3-2-4-16-12;;/h9-10,12,16H,2-8H2,1H3;2*1H/t12-;;/m0../s1. The Morgan fingerprint density at radius 1 is 1.24 bits per heavy atom. The van der Waals surface area contributed by atoms with Crippen molar-refractivity contribution >= 4 is 42.3 Å². The van der Waals surface area contributed by atoms with Crippen molar-refractivity contribution in [2.45, 2.75) is 25.8 Å². The van der Waals surface area contributed by atoms with Gasteiger partial charge in [-0.15, -0.1) is 24.8 Å². The van der Waals surface area contributed by atoms with E-state index in [1.165, 1.54) is 6.33 Å². The zero-order valence-electron chi connectivity index (χ0n) is 14.1. The quantitative estimate of drug-likeness (QED) is 0.815. The topological polar surface area (TPSA) is 78.7 Å². The van der Waals surface area contributed by atoms with Crippen molar-refractivity contribution < 1.29 is 4.79 Å². The van der Waals surface area contributed by atoms with E-state index in [9.17, 15) is 4.79 Å². The minimum Gasteiger partial charge on any atom is -0.353 e. The maximum absolute atomic E-state index is 12.5. The van der Waals surface area contributed by atoms with Crippen molar-refractivity contribution in [3.63, 3.8) is 0 Å². The van der Waals surface area contributed by atoms with Gasteiger partial charge in [-0.05, 0) is 26.3 Å². The van der Waals surface area contributed by atoms with Gasteiger partial charge in [-0.3, -0.25) is 4.79 Å². The number of amides is 1. The van der Waals surface area contributed by atoms with Gasteiger partial charge in [0.2, 0.25) is 5.91 Å². The van der Waals surface area contributed by atoms with Crippen LogP contribution in [0.5, 0.6) is 0 Å². The number of anilines is 1. The van der Waals surface area contributed by atoms with Gasteiger partial charge in [-0.2, -0.15) is 14.6 Å². The Hall–Kier alpha value is -1.64. The van der Waals surface area contributed by atoms with Crippen molar-refractivity contribution in [1.82, 2.24) is 29.8 Å². The van der Waals surface area contributed by atoms with E-state index >= 15 is 0 Å². The molecule has 0 saturated carbocycles. The molecule has 0 unspecified atom stereocenters. The fraction of sp³-hybridized carbons (Fsp3) is 0.600. The van der Waals surface area contributed by atoms with E-state index < -0.39 is 0 Å². The number of carbonyl (C=O) groups is 1. The Morgan fingerprint density at radius 3 is 2.68 bits per heavy atom. The van der Waals surface area contributed by atoms with Crippen LogP contribution in [0.2, 0.25) is 0 Å². The first-order chi connectivity index (χ1) is 11.2. The molecule has 2 aromatic rings. The molecule has 0 spiro atoms. The van der Waals surface area contributed by atoms with Crippen LogP contribution in [0.4, 0.5) is 5.82 Å². The summed E-state index contributed by atoms with van der Waals surface area (Å²) >= 11 is 0. The Morgan fingerprint density at radius 2 is 2.00 bits per heavy atom. The van der Waals surface area contributed by atoms with Crippen LogP contribution < -0.4 is 10.2 Å². The third-order valence-electron chi connectivity index (χ3n) is 4.63. The van der Waals surface area contributed by atoms with E-state index in [-0.39, 0.29) is 36.8 Å². The molecule has 1 atom stereocenters. The maximum Gasteiger partial charge on any atom is 0.254 e. The molecule has 0 aromatic carbocycles. The molecule has 0 radical (unpaired) electrons. The second kappa shape index (κ2) is 8.16. The highest BCUT2D eigenvalue weighted by molar-refractivity contribution is 5.85. The lowest BCUT2D eigenvalue weighted by molar-refractivity contribution is -0.133. The van der Waals surface area contributed by atoms with Crippen LogP contribution in [0.3, 0.4) is 0 Å². The van der Waals surface area contributed by atoms with Gasteiger partial charge in [0, 0.05) is 37.9 Å². The highest BCUT2D eigenvalue weighted by Gasteiger charge is 2.29. The Kier molecular flexibility index (Phi) is 6.42. The first kappa shape index (κ1) is 19.7. The largest absolute Gasteiger partial charge is 0.353 e. The van der Waals surface area contributed by atoms with Gasteiger partial charge in [-0.1, -0.05) is 0 Å². The Bertz CT molecular complexity index is 724. The molecule has 1 amide bonds. The van der Waals surface area contributed by atoms with Crippen molar-refractivity contribution in [3.8, 4) is 0 Å². The van der Waals surface area contributed by atoms with Crippen LogP contribution in [0.25, 0.3) is 5.78 Å². The van der Waals surface area contributed by atoms with Crippen LogP contribution in [0, 0.1) is 6.92 Å². The fourth-order valence-corrected chi connectivity index (χ4v) is 3.41. The average Bonchev–Trinajstić information content (AvgIpc) is 3.25. The molecule has 4 rings (SSSR count). The summed E-state index contributed by atoms with van der Waals surface area (Å²) in [6.07, 6.45) is 3.58. The van der Waals surface area contributed by atoms with Crippen molar-refractivity contribution in [2.75, 3.05) is 37.6 Å². The highest BCUT2D eigenvalue weighted by Crippen LogP contribution is 2.19. The summed E-state index contributed by atoms with van der Waals surface area (Å²) in [5.41, 5.74) is 0.925. The number of nitrogens with one attached hydrogen (secondary N) is 1. The average molecular weight is 388 g/mol. The number of fused-ring (bicyclic) bond motifs is 1. The van der Waals surface area contributed by atoms with Crippen LogP contribution in [-0.4, -0.2) is 69.2 Å². The molecule has 2 aliphatic rings. The number of nitrogens with zero attached hydrogens (tertiary/aromatic N) is 6. The number of aromatic nitrogens is 4. The first-order valence-electron chi connectivity index (χ1n) is 8.17. The number of hydrogen-bond donors (Lipinski definition) is 1. The van der Waals surface area contributed by atoms with Crippen LogP contribution >= 0.6 is 24.8 Å². The molecule has 2 aromatic heterocycles. The molecule has 8 nitrogen and oxygen atoms in total. The SMILES string of the molecule is Cc1cc(N2CCN(C(=O)[C@@H]3CCCN3)CC2)n2ncnc2n1.Cl.Cl. The van der Waals surface area contributed by atoms with Gasteiger partial charge in [0.25, 0.3) is 5.78 Å². The van der Waals surface area contributed by atoms with Crippen LogP contribution in [0.15, 0.2) is 12.4 Å². The molecule has 0 aliphatic carbocycles. The smallest absolute Gasteiger partial charge is 0.254 e. The van der Waals surface area contributed by atoms with E-state index in [0.29, 0.717) is 5.78 Å². The summed E-state index contributed by atoms with van der Waals surface area (Å²) in [5.74, 6) is 1.86. The molecule has 2 saturated heterocycles. The number of aryl methyl sites for hydroxylation is 1. The molecule has 1 N–H and O–H groups in total. The van der Waals surface area contributed by atoms with E-state index in [1.807, 2.05) is 17.9 Å². The molecular weight excluding hydrogens is 365 g/mol. The molecule has 2 aliphatic heterocycles. The summed E-state index contributed by atoms with van der Waals surface area (Å²) in [6.45, 7) is 6.01. The normalized spacial score (nSPS) is 20.3. The minimum atomic E-state index is 0. The fourth-order valence-electron chi connectivity index (χ4n) is 3.41. The number of rotatable bonds is 2. The zero-order valence-corrected chi connectivity index (χ0v) is 15.7. The van der Waals surface area contributed by atoms with Crippen LogP contribution in [0.1, 0.15) is 18.5 Å². The molecule has 2 fully saturated rings. The lowest BCUT2D eigenvalue weighted by Crippen LogP contribution is -2.53. The summed E-state index contributed by atoms with van der Waals surface area (Å²) in [5, 5.41) is 7.55. The van der Waals surface area contributed by atoms with Crippen molar-refractivity contribution in [2.24, 2.45) is 0 Å². The van der Waals surface area contributed by atoms with E-state index in [0.717, 1.165) is 57.1 Å². The number of carbonyl (C=O) groups excluding carboxylic acids is 1. The number of hydrogen-bond acceptors (Lipinski definition) is 6. The van der Waals surface area contributed by atoms with Crippen molar-refractivity contribution in [3.05, 3.63) is 18.1 Å². The summed E-state index contributed by atoms with van der Waals surface area (Å²) < 4.78 is 1.77. The minimum absolute atomic E-state index is 0. The summed E-state index contributed by atoms with van der Waals surface area (Å²) in [4.78, 5) is 25.3. The third kappa shape index (κ3) is 3.80. The van der Waals surface area contributed by atoms with E-state index in [1.54, 1.807) is 4.52 Å². The maximum atomic E-state index is 12.5. The predicted molar refractivity (Wildman–Crippen MR) is 99.8 cm³/mol.